The molecule has 5 nitrogen and oxygen atoms in total. The van der Waals surface area contributed by atoms with E-state index in [1.807, 2.05) is 19.1 Å². The van der Waals surface area contributed by atoms with Crippen LogP contribution in [0.3, 0.4) is 0 Å². The van der Waals surface area contributed by atoms with E-state index >= 15 is 0 Å². The SMILES string of the molecule is Cc1cc(=O)cc(C(=O)N(C)Cc2ncccc2C)o1. The number of hydrogen-bond acceptors (Lipinski definition) is 4. The number of carbonyl (C=O) groups excluding carboxylic acids is 1. The predicted octanol–water partition coefficient (Wildman–Crippen LogP) is 1.92. The van der Waals surface area contributed by atoms with E-state index in [0.717, 1.165) is 11.3 Å². The van der Waals surface area contributed by atoms with Crippen LogP contribution < -0.4 is 5.43 Å². The van der Waals surface area contributed by atoms with Crippen molar-refractivity contribution in [3.8, 4) is 0 Å². The van der Waals surface area contributed by atoms with Gasteiger partial charge < -0.3 is 9.32 Å². The molecule has 20 heavy (non-hydrogen) atoms. The molecule has 0 aromatic carbocycles. The van der Waals surface area contributed by atoms with Crippen molar-refractivity contribution in [2.24, 2.45) is 0 Å². The number of pyridine rings is 1. The quantitative estimate of drug-likeness (QED) is 0.856. The second-order valence-corrected chi connectivity index (χ2v) is 4.70. The smallest absolute Gasteiger partial charge is 0.289 e. The van der Waals surface area contributed by atoms with Crippen LogP contribution in [0.15, 0.2) is 39.7 Å². The number of aryl methyl sites for hydroxylation is 2. The number of aromatic nitrogens is 1. The Morgan fingerprint density at radius 1 is 1.35 bits per heavy atom. The molecule has 1 amide bonds. The van der Waals surface area contributed by atoms with Gasteiger partial charge in [-0.15, -0.1) is 0 Å². The van der Waals surface area contributed by atoms with Crippen LogP contribution in [-0.4, -0.2) is 22.8 Å². The summed E-state index contributed by atoms with van der Waals surface area (Å²) in [5.41, 5.74) is 1.59. The van der Waals surface area contributed by atoms with Gasteiger partial charge in [0.1, 0.15) is 5.76 Å². The van der Waals surface area contributed by atoms with E-state index in [4.69, 9.17) is 4.42 Å². The molecule has 0 aliphatic rings. The molecule has 2 aromatic heterocycles. The first-order valence-corrected chi connectivity index (χ1v) is 6.25. The van der Waals surface area contributed by atoms with Gasteiger partial charge in [-0.2, -0.15) is 0 Å². The second kappa shape index (κ2) is 5.69. The van der Waals surface area contributed by atoms with Gasteiger partial charge in [0.15, 0.2) is 11.2 Å². The number of carbonyl (C=O) groups is 1. The van der Waals surface area contributed by atoms with Gasteiger partial charge in [-0.3, -0.25) is 14.6 Å². The van der Waals surface area contributed by atoms with Crippen LogP contribution in [0.1, 0.15) is 27.6 Å². The van der Waals surface area contributed by atoms with Crippen LogP contribution in [0.4, 0.5) is 0 Å². The third kappa shape index (κ3) is 3.12. The molecule has 0 aliphatic heterocycles. The fourth-order valence-electron chi connectivity index (χ4n) is 1.88. The van der Waals surface area contributed by atoms with Crippen molar-refractivity contribution in [1.29, 1.82) is 0 Å². The number of amides is 1. The Bertz CT molecular complexity index is 692. The Kier molecular flexibility index (Phi) is 3.98. The third-order valence-corrected chi connectivity index (χ3v) is 2.95. The van der Waals surface area contributed by atoms with Crippen molar-refractivity contribution >= 4 is 5.91 Å². The fraction of sp³-hybridized carbons (Fsp3) is 0.267. The van der Waals surface area contributed by atoms with Gasteiger partial charge in [0, 0.05) is 25.4 Å². The highest BCUT2D eigenvalue weighted by atomic mass is 16.3. The van der Waals surface area contributed by atoms with Gasteiger partial charge in [0.2, 0.25) is 0 Å². The molecule has 2 rings (SSSR count). The van der Waals surface area contributed by atoms with E-state index < -0.39 is 0 Å². The topological polar surface area (TPSA) is 63.4 Å². The van der Waals surface area contributed by atoms with E-state index in [1.165, 1.54) is 17.0 Å². The molecule has 0 unspecified atom stereocenters. The molecular formula is C15H16N2O3. The van der Waals surface area contributed by atoms with Crippen LogP contribution in [0, 0.1) is 13.8 Å². The first kappa shape index (κ1) is 14.0. The highest BCUT2D eigenvalue weighted by Crippen LogP contribution is 2.10. The Morgan fingerprint density at radius 3 is 2.75 bits per heavy atom. The molecule has 0 fully saturated rings. The molecule has 2 aromatic rings. The standard InChI is InChI=1S/C15H16N2O3/c1-10-5-4-6-16-13(10)9-17(3)15(19)14-8-12(18)7-11(2)20-14/h4-8H,9H2,1-3H3. The van der Waals surface area contributed by atoms with Crippen molar-refractivity contribution in [1.82, 2.24) is 9.88 Å². The third-order valence-electron chi connectivity index (χ3n) is 2.95. The first-order chi connectivity index (χ1) is 9.47. The Morgan fingerprint density at radius 2 is 2.10 bits per heavy atom. The molecule has 5 heteroatoms. The molecule has 0 atom stereocenters. The van der Waals surface area contributed by atoms with Crippen LogP contribution in [0.25, 0.3) is 0 Å². The molecule has 0 aliphatic carbocycles. The summed E-state index contributed by atoms with van der Waals surface area (Å²) in [6.45, 7) is 3.94. The zero-order chi connectivity index (χ0) is 14.7. The van der Waals surface area contributed by atoms with Crippen LogP contribution in [0.2, 0.25) is 0 Å². The monoisotopic (exact) mass is 272 g/mol. The van der Waals surface area contributed by atoms with Crippen molar-refractivity contribution in [3.05, 3.63) is 63.5 Å². The van der Waals surface area contributed by atoms with Gasteiger partial charge in [0.25, 0.3) is 5.91 Å². The van der Waals surface area contributed by atoms with Crippen molar-refractivity contribution in [2.45, 2.75) is 20.4 Å². The Labute approximate surface area is 116 Å². The van der Waals surface area contributed by atoms with Gasteiger partial charge >= 0.3 is 0 Å². The predicted molar refractivity (Wildman–Crippen MR) is 74.5 cm³/mol. The van der Waals surface area contributed by atoms with E-state index in [1.54, 1.807) is 20.2 Å². The van der Waals surface area contributed by atoms with E-state index in [-0.39, 0.29) is 17.1 Å². The molecule has 2 heterocycles. The van der Waals surface area contributed by atoms with E-state index in [0.29, 0.717) is 12.3 Å². The minimum atomic E-state index is -0.337. The van der Waals surface area contributed by atoms with Crippen LogP contribution in [0.5, 0.6) is 0 Å². The summed E-state index contributed by atoms with van der Waals surface area (Å²) in [6.07, 6.45) is 1.69. The normalized spacial score (nSPS) is 10.3. The molecule has 0 radical (unpaired) electrons. The maximum Gasteiger partial charge on any atom is 0.289 e. The zero-order valence-electron chi connectivity index (χ0n) is 11.7. The maximum absolute atomic E-state index is 12.2. The fourth-order valence-corrected chi connectivity index (χ4v) is 1.88. The summed E-state index contributed by atoms with van der Waals surface area (Å²) in [5, 5.41) is 0. The average Bonchev–Trinajstić information content (AvgIpc) is 2.39. The molecular weight excluding hydrogens is 256 g/mol. The lowest BCUT2D eigenvalue weighted by atomic mass is 10.2. The zero-order valence-corrected chi connectivity index (χ0v) is 11.7. The average molecular weight is 272 g/mol. The molecule has 0 spiro atoms. The van der Waals surface area contributed by atoms with Gasteiger partial charge in [-0.05, 0) is 25.5 Å². The molecule has 0 bridgehead atoms. The summed E-state index contributed by atoms with van der Waals surface area (Å²) in [5.74, 6) is 0.130. The minimum Gasteiger partial charge on any atom is -0.456 e. The molecule has 0 saturated carbocycles. The van der Waals surface area contributed by atoms with Gasteiger partial charge in [-0.1, -0.05) is 6.07 Å². The lowest BCUT2D eigenvalue weighted by molar-refractivity contribution is 0.0747. The van der Waals surface area contributed by atoms with Crippen LogP contribution >= 0.6 is 0 Å². The summed E-state index contributed by atoms with van der Waals surface area (Å²) in [7, 11) is 1.65. The number of hydrogen-bond donors (Lipinski definition) is 0. The number of rotatable bonds is 3. The maximum atomic E-state index is 12.2. The van der Waals surface area contributed by atoms with Crippen molar-refractivity contribution in [3.63, 3.8) is 0 Å². The summed E-state index contributed by atoms with van der Waals surface area (Å²) in [6, 6.07) is 6.34. The van der Waals surface area contributed by atoms with E-state index in [9.17, 15) is 9.59 Å². The largest absolute Gasteiger partial charge is 0.456 e. The van der Waals surface area contributed by atoms with E-state index in [2.05, 4.69) is 4.98 Å². The second-order valence-electron chi connectivity index (χ2n) is 4.70. The minimum absolute atomic E-state index is 0.0473. The number of nitrogens with zero attached hydrogens (tertiary/aromatic N) is 2. The highest BCUT2D eigenvalue weighted by molar-refractivity contribution is 5.91. The molecule has 104 valence electrons. The summed E-state index contributed by atoms with van der Waals surface area (Å²) >= 11 is 0. The van der Waals surface area contributed by atoms with Crippen molar-refractivity contribution < 1.29 is 9.21 Å². The summed E-state index contributed by atoms with van der Waals surface area (Å²) in [4.78, 5) is 29.4. The first-order valence-electron chi connectivity index (χ1n) is 6.25. The lowest BCUT2D eigenvalue weighted by Gasteiger charge is -2.17. The van der Waals surface area contributed by atoms with Gasteiger partial charge in [-0.25, -0.2) is 0 Å². The van der Waals surface area contributed by atoms with Crippen molar-refractivity contribution in [2.75, 3.05) is 7.05 Å². The highest BCUT2D eigenvalue weighted by Gasteiger charge is 2.16. The molecule has 0 saturated heterocycles. The van der Waals surface area contributed by atoms with Gasteiger partial charge in [0.05, 0.1) is 12.2 Å². The Hall–Kier alpha value is -2.43. The summed E-state index contributed by atoms with van der Waals surface area (Å²) < 4.78 is 5.30. The van der Waals surface area contributed by atoms with Crippen LogP contribution in [-0.2, 0) is 6.54 Å². The molecule has 0 N–H and O–H groups in total. The lowest BCUT2D eigenvalue weighted by Crippen LogP contribution is -2.27. The Balaban J connectivity index is 2.21.